The number of halogens is 1. The molecule has 0 amide bonds. The van der Waals surface area contributed by atoms with E-state index in [2.05, 4.69) is 30.9 Å². The van der Waals surface area contributed by atoms with E-state index in [9.17, 15) is 4.79 Å². The number of rotatable bonds is 3. The molecule has 2 aromatic rings. The predicted octanol–water partition coefficient (Wildman–Crippen LogP) is 2.60. The highest BCUT2D eigenvalue weighted by Gasteiger charge is 2.05. The molecular formula is C10H6BrN3OS. The van der Waals surface area contributed by atoms with Crippen LogP contribution >= 0.6 is 27.7 Å². The van der Waals surface area contributed by atoms with Gasteiger partial charge in [0.2, 0.25) is 0 Å². The first-order chi connectivity index (χ1) is 7.79. The Morgan fingerprint density at radius 2 is 2.00 bits per heavy atom. The smallest absolute Gasteiger partial charge is 0.193 e. The molecule has 0 radical (unpaired) electrons. The van der Waals surface area contributed by atoms with Gasteiger partial charge in [0, 0.05) is 18.6 Å². The third-order valence-corrected chi connectivity index (χ3v) is 3.51. The summed E-state index contributed by atoms with van der Waals surface area (Å²) in [6.45, 7) is 0. The average molecular weight is 296 g/mol. The summed E-state index contributed by atoms with van der Waals surface area (Å²) in [6.07, 6.45) is 5.39. The van der Waals surface area contributed by atoms with Crippen LogP contribution in [0, 0.1) is 0 Å². The normalized spacial score (nSPS) is 10.1. The molecule has 0 aromatic carbocycles. The SMILES string of the molecule is O=Cc1cnc(Sc2ncccc2Br)nc1. The van der Waals surface area contributed by atoms with Crippen molar-refractivity contribution < 1.29 is 4.79 Å². The van der Waals surface area contributed by atoms with E-state index in [1.54, 1.807) is 6.20 Å². The highest BCUT2D eigenvalue weighted by molar-refractivity contribution is 9.10. The second-order valence-electron chi connectivity index (χ2n) is 2.81. The number of hydrogen-bond donors (Lipinski definition) is 0. The summed E-state index contributed by atoms with van der Waals surface area (Å²) < 4.78 is 0.892. The number of carbonyl (C=O) groups is 1. The molecule has 0 unspecified atom stereocenters. The molecule has 0 aliphatic carbocycles. The summed E-state index contributed by atoms with van der Waals surface area (Å²) in [5.41, 5.74) is 0.462. The minimum Gasteiger partial charge on any atom is -0.298 e. The van der Waals surface area contributed by atoms with Gasteiger partial charge in [-0.1, -0.05) is 0 Å². The second kappa shape index (κ2) is 5.18. The number of aldehydes is 1. The fourth-order valence-corrected chi connectivity index (χ4v) is 2.13. The minimum absolute atomic E-state index is 0.462. The van der Waals surface area contributed by atoms with Crippen LogP contribution in [0.1, 0.15) is 10.4 Å². The van der Waals surface area contributed by atoms with Crippen LogP contribution in [0.5, 0.6) is 0 Å². The Bertz CT molecular complexity index is 504. The average Bonchev–Trinajstić information content (AvgIpc) is 2.33. The molecule has 16 heavy (non-hydrogen) atoms. The van der Waals surface area contributed by atoms with E-state index < -0.39 is 0 Å². The maximum absolute atomic E-state index is 10.4. The zero-order valence-corrected chi connectivity index (χ0v) is 10.4. The summed E-state index contributed by atoms with van der Waals surface area (Å²) >= 11 is 4.72. The topological polar surface area (TPSA) is 55.7 Å². The van der Waals surface area contributed by atoms with Crippen LogP contribution in [0.3, 0.4) is 0 Å². The quantitative estimate of drug-likeness (QED) is 0.643. The Kier molecular flexibility index (Phi) is 3.63. The zero-order chi connectivity index (χ0) is 11.4. The van der Waals surface area contributed by atoms with E-state index in [0.717, 1.165) is 9.50 Å². The van der Waals surface area contributed by atoms with Crippen molar-refractivity contribution in [2.75, 3.05) is 0 Å². The van der Waals surface area contributed by atoms with Gasteiger partial charge in [-0.25, -0.2) is 15.0 Å². The van der Waals surface area contributed by atoms with E-state index >= 15 is 0 Å². The van der Waals surface area contributed by atoms with Crippen molar-refractivity contribution in [2.24, 2.45) is 0 Å². The first kappa shape index (κ1) is 11.2. The molecule has 80 valence electrons. The molecule has 2 rings (SSSR count). The van der Waals surface area contributed by atoms with Gasteiger partial charge < -0.3 is 0 Å². The Balaban J connectivity index is 2.21. The molecule has 2 aromatic heterocycles. The maximum Gasteiger partial charge on any atom is 0.193 e. The van der Waals surface area contributed by atoms with Gasteiger partial charge in [-0.15, -0.1) is 0 Å². The molecule has 6 heteroatoms. The van der Waals surface area contributed by atoms with Gasteiger partial charge in [-0.2, -0.15) is 0 Å². The summed E-state index contributed by atoms with van der Waals surface area (Å²) in [7, 11) is 0. The fourth-order valence-electron chi connectivity index (χ4n) is 0.973. The number of carbonyl (C=O) groups excluding carboxylic acids is 1. The van der Waals surface area contributed by atoms with Gasteiger partial charge in [0.25, 0.3) is 0 Å². The molecule has 0 fully saturated rings. The largest absolute Gasteiger partial charge is 0.298 e. The molecule has 0 bridgehead atoms. The third-order valence-electron chi connectivity index (χ3n) is 1.70. The molecule has 0 saturated heterocycles. The van der Waals surface area contributed by atoms with E-state index in [1.165, 1.54) is 24.2 Å². The summed E-state index contributed by atoms with van der Waals surface area (Å²) in [5, 5.41) is 1.35. The van der Waals surface area contributed by atoms with Crippen LogP contribution in [-0.2, 0) is 0 Å². The van der Waals surface area contributed by atoms with Gasteiger partial charge in [-0.3, -0.25) is 4.79 Å². The van der Waals surface area contributed by atoms with Gasteiger partial charge in [0.05, 0.1) is 10.0 Å². The Hall–Kier alpha value is -1.27. The van der Waals surface area contributed by atoms with Crippen molar-refractivity contribution in [1.29, 1.82) is 0 Å². The van der Waals surface area contributed by atoms with Gasteiger partial charge >= 0.3 is 0 Å². The van der Waals surface area contributed by atoms with Crippen molar-refractivity contribution in [3.63, 3.8) is 0 Å². The van der Waals surface area contributed by atoms with Crippen LogP contribution in [0.2, 0.25) is 0 Å². The lowest BCUT2D eigenvalue weighted by Crippen LogP contribution is -1.90. The standard InChI is InChI=1S/C10H6BrN3OS/c11-8-2-1-3-12-9(8)16-10-13-4-7(6-15)5-14-10/h1-6H. The molecule has 4 nitrogen and oxygen atoms in total. The van der Waals surface area contributed by atoms with Crippen molar-refractivity contribution in [3.05, 3.63) is 40.8 Å². The van der Waals surface area contributed by atoms with Crippen LogP contribution in [0.4, 0.5) is 0 Å². The van der Waals surface area contributed by atoms with Crippen LogP contribution < -0.4 is 0 Å². The number of nitrogens with zero attached hydrogens (tertiary/aromatic N) is 3. The number of pyridine rings is 1. The van der Waals surface area contributed by atoms with E-state index in [-0.39, 0.29) is 0 Å². The molecule has 0 spiro atoms. The first-order valence-corrected chi connectivity index (χ1v) is 5.96. The van der Waals surface area contributed by atoms with Crippen molar-refractivity contribution in [1.82, 2.24) is 15.0 Å². The monoisotopic (exact) mass is 295 g/mol. The summed E-state index contributed by atoms with van der Waals surface area (Å²) in [4.78, 5) is 22.7. The third kappa shape index (κ3) is 2.65. The first-order valence-electron chi connectivity index (χ1n) is 4.35. The lowest BCUT2D eigenvalue weighted by Gasteiger charge is -2.00. The molecule has 0 aliphatic rings. The molecule has 0 aliphatic heterocycles. The van der Waals surface area contributed by atoms with Crippen molar-refractivity contribution in [3.8, 4) is 0 Å². The van der Waals surface area contributed by atoms with Crippen molar-refractivity contribution >= 4 is 34.0 Å². The highest BCUT2D eigenvalue weighted by Crippen LogP contribution is 2.28. The van der Waals surface area contributed by atoms with E-state index in [0.29, 0.717) is 17.0 Å². The van der Waals surface area contributed by atoms with E-state index in [1.807, 2.05) is 12.1 Å². The second-order valence-corrected chi connectivity index (χ2v) is 4.62. The van der Waals surface area contributed by atoms with Gasteiger partial charge in [0.1, 0.15) is 5.03 Å². The Morgan fingerprint density at radius 3 is 2.62 bits per heavy atom. The fraction of sp³-hybridized carbons (Fsp3) is 0. The summed E-state index contributed by atoms with van der Waals surface area (Å²) in [6, 6.07) is 3.74. The molecule has 0 N–H and O–H groups in total. The van der Waals surface area contributed by atoms with E-state index in [4.69, 9.17) is 0 Å². The number of hydrogen-bond acceptors (Lipinski definition) is 5. The van der Waals surface area contributed by atoms with Gasteiger partial charge in [0.15, 0.2) is 11.4 Å². The maximum atomic E-state index is 10.4. The lowest BCUT2D eigenvalue weighted by molar-refractivity contribution is 0.112. The van der Waals surface area contributed by atoms with Crippen LogP contribution in [0.25, 0.3) is 0 Å². The highest BCUT2D eigenvalue weighted by atomic mass is 79.9. The molecular weight excluding hydrogens is 290 g/mol. The van der Waals surface area contributed by atoms with Crippen molar-refractivity contribution in [2.45, 2.75) is 10.2 Å². The minimum atomic E-state index is 0.462. The zero-order valence-electron chi connectivity index (χ0n) is 8.00. The van der Waals surface area contributed by atoms with Crippen LogP contribution in [0.15, 0.2) is 45.4 Å². The Morgan fingerprint density at radius 1 is 1.25 bits per heavy atom. The van der Waals surface area contributed by atoms with Gasteiger partial charge in [-0.05, 0) is 39.8 Å². The van der Waals surface area contributed by atoms with Crippen LogP contribution in [-0.4, -0.2) is 21.2 Å². The molecule has 0 saturated carbocycles. The molecule has 0 atom stereocenters. The molecule has 2 heterocycles. The summed E-state index contributed by atoms with van der Waals surface area (Å²) in [5.74, 6) is 0. The number of aromatic nitrogens is 3. The Labute approximate surface area is 105 Å². The lowest BCUT2D eigenvalue weighted by atomic mass is 10.4. The predicted molar refractivity (Wildman–Crippen MR) is 63.5 cm³/mol.